The van der Waals surface area contributed by atoms with E-state index in [0.29, 0.717) is 17.4 Å². The lowest BCUT2D eigenvalue weighted by Gasteiger charge is -2.44. The van der Waals surface area contributed by atoms with E-state index in [-0.39, 0.29) is 6.10 Å². The Kier molecular flexibility index (Phi) is 9.66. The Bertz CT molecular complexity index is 473. The molecule has 0 aliphatic heterocycles. The first kappa shape index (κ1) is 23.3. The molecule has 4 atom stereocenters. The summed E-state index contributed by atoms with van der Waals surface area (Å²) in [6.45, 7) is 3.28. The average molecular weight is 441 g/mol. The maximum absolute atomic E-state index is 6.57. The van der Waals surface area contributed by atoms with Gasteiger partial charge in [-0.15, -0.1) is 11.6 Å². The largest absolute Gasteiger partial charge is 0.379 e. The van der Waals surface area contributed by atoms with Crippen LogP contribution in [-0.4, -0.2) is 44.0 Å². The van der Waals surface area contributed by atoms with Crippen LogP contribution < -0.4 is 0 Å². The fourth-order valence-corrected chi connectivity index (χ4v) is 6.82. The van der Waals surface area contributed by atoms with Crippen molar-refractivity contribution in [3.05, 3.63) is 0 Å². The van der Waals surface area contributed by atoms with Gasteiger partial charge in [0, 0.05) is 18.6 Å². The van der Waals surface area contributed by atoms with E-state index in [1.807, 2.05) is 0 Å². The molecule has 4 heteroatoms. The molecule has 0 bridgehead atoms. The van der Waals surface area contributed by atoms with Crippen LogP contribution in [0.5, 0.6) is 0 Å². The highest BCUT2D eigenvalue weighted by atomic mass is 35.5. The van der Waals surface area contributed by atoms with Crippen molar-refractivity contribution in [1.82, 2.24) is 0 Å². The normalized spacial score (nSPS) is 38.3. The Morgan fingerprint density at radius 1 is 0.567 bits per heavy atom. The van der Waals surface area contributed by atoms with Crippen LogP contribution in [0, 0.1) is 23.7 Å². The van der Waals surface area contributed by atoms with Gasteiger partial charge in [0.1, 0.15) is 0 Å². The molecule has 0 aromatic rings. The summed E-state index contributed by atoms with van der Waals surface area (Å²) >= 11 is 6.22. The van der Waals surface area contributed by atoms with Crippen molar-refractivity contribution < 1.29 is 14.2 Å². The number of hydrogen-bond donors (Lipinski definition) is 0. The van der Waals surface area contributed by atoms with Gasteiger partial charge in [-0.2, -0.15) is 0 Å². The second-order valence-electron chi connectivity index (χ2n) is 10.8. The van der Waals surface area contributed by atoms with Crippen LogP contribution in [0.3, 0.4) is 0 Å². The van der Waals surface area contributed by atoms with Crippen LogP contribution in [0.15, 0.2) is 0 Å². The van der Waals surface area contributed by atoms with Gasteiger partial charge in [0.05, 0.1) is 25.4 Å². The first-order valence-electron chi connectivity index (χ1n) is 13.2. The van der Waals surface area contributed by atoms with Gasteiger partial charge in [-0.3, -0.25) is 0 Å². The summed E-state index contributed by atoms with van der Waals surface area (Å²) in [4.78, 5) is 0. The van der Waals surface area contributed by atoms with Crippen LogP contribution in [-0.2, 0) is 14.2 Å². The highest BCUT2D eigenvalue weighted by molar-refractivity contribution is 6.20. The lowest BCUT2D eigenvalue weighted by Crippen LogP contribution is -2.44. The Morgan fingerprint density at radius 2 is 1.17 bits per heavy atom. The van der Waals surface area contributed by atoms with Crippen LogP contribution in [0.4, 0.5) is 0 Å². The molecule has 0 heterocycles. The van der Waals surface area contributed by atoms with E-state index in [4.69, 9.17) is 25.8 Å². The molecule has 0 spiro atoms. The molecule has 4 aliphatic rings. The molecule has 0 N–H and O–H groups in total. The molecule has 4 rings (SSSR count). The quantitative estimate of drug-likeness (QED) is 0.293. The highest BCUT2D eigenvalue weighted by Gasteiger charge is 2.39. The average Bonchev–Trinajstić information content (AvgIpc) is 2.79. The first-order valence-corrected chi connectivity index (χ1v) is 13.7. The predicted molar refractivity (Wildman–Crippen MR) is 123 cm³/mol. The minimum absolute atomic E-state index is 0.281. The molecule has 0 radical (unpaired) electrons. The van der Waals surface area contributed by atoms with Crippen LogP contribution in [0.2, 0.25) is 0 Å². The zero-order valence-electron chi connectivity index (χ0n) is 19.1. The van der Waals surface area contributed by atoms with Crippen molar-refractivity contribution in [2.24, 2.45) is 23.7 Å². The molecule has 0 aromatic heterocycles. The van der Waals surface area contributed by atoms with Gasteiger partial charge in [-0.05, 0) is 75.0 Å². The van der Waals surface area contributed by atoms with Crippen molar-refractivity contribution in [3.63, 3.8) is 0 Å². The second-order valence-corrected chi connectivity index (χ2v) is 11.4. The van der Waals surface area contributed by atoms with Crippen molar-refractivity contribution >= 4 is 11.6 Å². The molecule has 4 aliphatic carbocycles. The van der Waals surface area contributed by atoms with Gasteiger partial charge in [-0.25, -0.2) is 0 Å². The van der Waals surface area contributed by atoms with E-state index in [1.54, 1.807) is 0 Å². The van der Waals surface area contributed by atoms with Crippen molar-refractivity contribution in [1.29, 1.82) is 0 Å². The topological polar surface area (TPSA) is 27.7 Å². The maximum atomic E-state index is 6.57. The van der Waals surface area contributed by atoms with Gasteiger partial charge in [0.2, 0.25) is 0 Å². The fourth-order valence-electron chi connectivity index (χ4n) is 6.57. The lowest BCUT2D eigenvalue weighted by atomic mass is 9.69. The van der Waals surface area contributed by atoms with Gasteiger partial charge >= 0.3 is 0 Å². The molecule has 3 nitrogen and oxygen atoms in total. The number of fused-ring (bicyclic) bond motifs is 1. The van der Waals surface area contributed by atoms with E-state index >= 15 is 0 Å². The molecule has 30 heavy (non-hydrogen) atoms. The van der Waals surface area contributed by atoms with Crippen LogP contribution in [0.25, 0.3) is 0 Å². The highest BCUT2D eigenvalue weighted by Crippen LogP contribution is 2.42. The van der Waals surface area contributed by atoms with E-state index in [9.17, 15) is 0 Å². The third kappa shape index (κ3) is 7.09. The molecule has 0 saturated heterocycles. The number of ether oxygens (including phenoxy) is 3. The van der Waals surface area contributed by atoms with Crippen molar-refractivity contribution in [3.8, 4) is 0 Å². The maximum Gasteiger partial charge on any atom is 0.0840 e. The summed E-state index contributed by atoms with van der Waals surface area (Å²) in [7, 11) is 0. The monoisotopic (exact) mass is 440 g/mol. The summed E-state index contributed by atoms with van der Waals surface area (Å²) in [6.07, 6.45) is 20.3. The standard InChI is InChI=1S/C26H45ClO3/c27-24-12-10-21(11-13-24)18-28-14-15-29-25-16-22-8-4-5-9-23(22)17-26(25)30-19-20-6-2-1-3-7-20/h20-26H,1-19H2. The van der Waals surface area contributed by atoms with Gasteiger partial charge in [0.15, 0.2) is 0 Å². The fraction of sp³-hybridized carbons (Fsp3) is 1.00. The Balaban J connectivity index is 1.19. The minimum atomic E-state index is 0.281. The number of halogens is 1. The molecule has 0 amide bonds. The first-order chi connectivity index (χ1) is 14.8. The van der Waals surface area contributed by atoms with E-state index in [2.05, 4.69) is 0 Å². The van der Waals surface area contributed by atoms with Crippen molar-refractivity contribution in [2.75, 3.05) is 26.4 Å². The Hall–Kier alpha value is 0.170. The minimum Gasteiger partial charge on any atom is -0.379 e. The van der Waals surface area contributed by atoms with Gasteiger partial charge in [-0.1, -0.05) is 44.9 Å². The Morgan fingerprint density at radius 3 is 1.87 bits per heavy atom. The summed E-state index contributed by atoms with van der Waals surface area (Å²) in [5.74, 6) is 3.23. The molecule has 4 fully saturated rings. The smallest absolute Gasteiger partial charge is 0.0840 e. The molecule has 174 valence electrons. The molecular formula is C26H45ClO3. The third-order valence-electron chi connectivity index (χ3n) is 8.51. The molecule has 0 aromatic carbocycles. The number of hydrogen-bond acceptors (Lipinski definition) is 3. The van der Waals surface area contributed by atoms with Crippen LogP contribution >= 0.6 is 11.6 Å². The molecular weight excluding hydrogens is 396 g/mol. The SMILES string of the molecule is ClC1CCC(COCCOC2CC3CCCCC3CC2OCC2CCCCC2)CC1. The predicted octanol–water partition coefficient (Wildman–Crippen LogP) is 6.75. The zero-order chi connectivity index (χ0) is 20.6. The summed E-state index contributed by atoms with van der Waals surface area (Å²) in [5.41, 5.74) is 0. The summed E-state index contributed by atoms with van der Waals surface area (Å²) in [5, 5.41) is 0.394. The zero-order valence-corrected chi connectivity index (χ0v) is 19.8. The third-order valence-corrected chi connectivity index (χ3v) is 8.95. The van der Waals surface area contributed by atoms with E-state index < -0.39 is 0 Å². The Labute approximate surface area is 189 Å². The van der Waals surface area contributed by atoms with E-state index in [0.717, 1.165) is 57.0 Å². The van der Waals surface area contributed by atoms with Gasteiger partial charge in [0.25, 0.3) is 0 Å². The second kappa shape index (κ2) is 12.4. The van der Waals surface area contributed by atoms with Crippen LogP contribution in [0.1, 0.15) is 96.3 Å². The summed E-state index contributed by atoms with van der Waals surface area (Å²) in [6, 6.07) is 0. The van der Waals surface area contributed by atoms with E-state index in [1.165, 1.54) is 83.5 Å². The van der Waals surface area contributed by atoms with Gasteiger partial charge < -0.3 is 14.2 Å². The number of alkyl halides is 1. The number of rotatable bonds is 9. The summed E-state index contributed by atoms with van der Waals surface area (Å²) < 4.78 is 19.0. The lowest BCUT2D eigenvalue weighted by molar-refractivity contribution is -0.135. The molecule has 4 unspecified atom stereocenters. The molecule has 4 saturated carbocycles. The van der Waals surface area contributed by atoms with Crippen molar-refractivity contribution in [2.45, 2.75) is 114 Å².